The van der Waals surface area contributed by atoms with Crippen LogP contribution in [0.4, 0.5) is 0 Å². The minimum absolute atomic E-state index is 0.105. The topological polar surface area (TPSA) is 237 Å². The number of aliphatic hydroxyl groups is 1. The monoisotopic (exact) mass is 1470 g/mol. The molecule has 3 unspecified atom stereocenters. The summed E-state index contributed by atoms with van der Waals surface area (Å²) in [6, 6.07) is 0. The first-order valence-corrected chi connectivity index (χ1v) is 44.7. The fraction of sp³-hybridized carbons (Fsp3) is 0.951. The standard InChI is InChI=1S/C81H158O17P2/c1-9-74(8)60-52-44-36-31-32-38-46-54-62-79(84)92-68-77(98-81(86)64-56-48-40-30-24-23-27-35-43-51-59-73(6)7)70-96-100(89,90)94-66-75(82)65-93-99(87,88)95-69-76(67-91-78(83)61-53-45-37-28-21-17-14-13-16-20-26-34-42-50-58-72(4)5)97-80(85)63-55-47-39-29-22-18-12-10-11-15-19-25-33-41-49-57-71(2)3/h71-77,82H,9-70H2,1-8H3,(H,87,88)(H,89,90)/t74?,75-,76-,77-/m1/s1. The molecule has 0 radical (unpaired) electrons. The van der Waals surface area contributed by atoms with Gasteiger partial charge in [-0.2, -0.15) is 0 Å². The summed E-state index contributed by atoms with van der Waals surface area (Å²) in [5.41, 5.74) is 0. The van der Waals surface area contributed by atoms with Crippen LogP contribution in [0.2, 0.25) is 0 Å². The van der Waals surface area contributed by atoms with Crippen molar-refractivity contribution in [2.45, 2.75) is 433 Å². The number of hydrogen-bond donors (Lipinski definition) is 3. The van der Waals surface area contributed by atoms with Crippen LogP contribution in [-0.4, -0.2) is 96.7 Å². The zero-order valence-electron chi connectivity index (χ0n) is 65.8. The van der Waals surface area contributed by atoms with Crippen LogP contribution in [0.1, 0.15) is 415 Å². The van der Waals surface area contributed by atoms with Crippen LogP contribution < -0.4 is 0 Å². The van der Waals surface area contributed by atoms with E-state index in [1.165, 1.54) is 218 Å². The third-order valence-electron chi connectivity index (χ3n) is 19.2. The van der Waals surface area contributed by atoms with Gasteiger partial charge in [0.2, 0.25) is 0 Å². The summed E-state index contributed by atoms with van der Waals surface area (Å²) in [6.07, 6.45) is 56.8. The van der Waals surface area contributed by atoms with E-state index in [-0.39, 0.29) is 25.7 Å². The van der Waals surface area contributed by atoms with Crippen molar-refractivity contribution in [1.29, 1.82) is 0 Å². The number of esters is 4. The highest BCUT2D eigenvalue weighted by Gasteiger charge is 2.30. The fourth-order valence-corrected chi connectivity index (χ4v) is 14.0. The minimum atomic E-state index is -4.96. The van der Waals surface area contributed by atoms with Crippen LogP contribution in [0.3, 0.4) is 0 Å². The molecule has 6 atom stereocenters. The van der Waals surface area contributed by atoms with Gasteiger partial charge >= 0.3 is 39.5 Å². The molecule has 0 heterocycles. The maximum Gasteiger partial charge on any atom is 0.472 e. The Labute approximate surface area is 613 Å². The van der Waals surface area contributed by atoms with E-state index in [0.29, 0.717) is 25.7 Å². The maximum atomic E-state index is 13.1. The molecule has 0 saturated heterocycles. The maximum absolute atomic E-state index is 13.1. The molecule has 0 aliphatic rings. The quantitative estimate of drug-likeness (QED) is 0.0222. The molecule has 3 N–H and O–H groups in total. The van der Waals surface area contributed by atoms with Gasteiger partial charge in [0, 0.05) is 25.7 Å². The van der Waals surface area contributed by atoms with Gasteiger partial charge in [-0.1, -0.05) is 364 Å². The summed E-state index contributed by atoms with van der Waals surface area (Å²) in [5, 5.41) is 10.6. The van der Waals surface area contributed by atoms with E-state index in [2.05, 4.69) is 55.4 Å². The summed E-state index contributed by atoms with van der Waals surface area (Å²) in [4.78, 5) is 73.1. The Balaban J connectivity index is 5.27. The second kappa shape index (κ2) is 70.1. The first-order chi connectivity index (χ1) is 48.1. The molecular formula is C81H158O17P2. The van der Waals surface area contributed by atoms with E-state index < -0.39 is 97.5 Å². The molecule has 0 aliphatic heterocycles. The summed E-state index contributed by atoms with van der Waals surface area (Å²) in [6.45, 7) is 14.3. The van der Waals surface area contributed by atoms with Gasteiger partial charge in [-0.25, -0.2) is 9.13 Å². The van der Waals surface area contributed by atoms with Gasteiger partial charge in [0.1, 0.15) is 19.3 Å². The van der Waals surface area contributed by atoms with Crippen molar-refractivity contribution in [3.05, 3.63) is 0 Å². The second-order valence-corrected chi connectivity index (χ2v) is 33.7. The lowest BCUT2D eigenvalue weighted by Gasteiger charge is -2.21. The van der Waals surface area contributed by atoms with Crippen molar-refractivity contribution < 1.29 is 80.2 Å². The molecule has 0 aromatic rings. The van der Waals surface area contributed by atoms with Crippen LogP contribution in [0.15, 0.2) is 0 Å². The van der Waals surface area contributed by atoms with E-state index in [0.717, 1.165) is 114 Å². The molecule has 0 bridgehead atoms. The molecule has 0 fully saturated rings. The first kappa shape index (κ1) is 98.1. The van der Waals surface area contributed by atoms with Crippen LogP contribution >= 0.6 is 15.6 Å². The third kappa shape index (κ3) is 73.0. The van der Waals surface area contributed by atoms with Gasteiger partial charge in [-0.3, -0.25) is 37.3 Å². The molecule has 0 aromatic heterocycles. The van der Waals surface area contributed by atoms with Crippen molar-refractivity contribution in [3.63, 3.8) is 0 Å². The second-order valence-electron chi connectivity index (χ2n) is 30.8. The van der Waals surface area contributed by atoms with Gasteiger partial charge in [0.15, 0.2) is 12.2 Å². The molecule has 594 valence electrons. The number of carbonyl (C=O) groups is 4. The van der Waals surface area contributed by atoms with Crippen molar-refractivity contribution in [2.75, 3.05) is 39.6 Å². The zero-order chi connectivity index (χ0) is 73.8. The number of phosphoric ester groups is 2. The summed E-state index contributed by atoms with van der Waals surface area (Å²) in [7, 11) is -9.92. The summed E-state index contributed by atoms with van der Waals surface area (Å²) >= 11 is 0. The van der Waals surface area contributed by atoms with Gasteiger partial charge in [0.25, 0.3) is 0 Å². The number of phosphoric acid groups is 2. The molecule has 19 heteroatoms. The lowest BCUT2D eigenvalue weighted by atomic mass is 9.99. The number of rotatable bonds is 78. The molecule has 0 spiro atoms. The van der Waals surface area contributed by atoms with E-state index in [1.807, 2.05) is 0 Å². The Bertz CT molecular complexity index is 1960. The number of unbranched alkanes of at least 4 members (excludes halogenated alkanes) is 43. The number of carbonyl (C=O) groups excluding carboxylic acids is 4. The molecule has 17 nitrogen and oxygen atoms in total. The van der Waals surface area contributed by atoms with Crippen molar-refractivity contribution in [1.82, 2.24) is 0 Å². The number of aliphatic hydroxyl groups excluding tert-OH is 1. The minimum Gasteiger partial charge on any atom is -0.462 e. The number of hydrogen-bond acceptors (Lipinski definition) is 15. The Morgan fingerprint density at radius 1 is 0.280 bits per heavy atom. The van der Waals surface area contributed by atoms with Gasteiger partial charge in [0.05, 0.1) is 26.4 Å². The fourth-order valence-electron chi connectivity index (χ4n) is 12.4. The van der Waals surface area contributed by atoms with Crippen LogP contribution in [-0.2, 0) is 65.4 Å². The highest BCUT2D eigenvalue weighted by Crippen LogP contribution is 2.45. The SMILES string of the molecule is CCC(C)CCCCCCCCCCC(=O)OC[C@H](COP(=O)(O)OC[C@H](O)COP(=O)(O)OC[C@@H](COC(=O)CCCCCCCCCCCCCCCCC(C)C)OC(=O)CCCCCCCCCCCCCCCCCC(C)C)OC(=O)CCCCCCCCCCCCC(C)C. The van der Waals surface area contributed by atoms with E-state index >= 15 is 0 Å². The van der Waals surface area contributed by atoms with E-state index in [1.54, 1.807) is 0 Å². The van der Waals surface area contributed by atoms with Crippen molar-refractivity contribution >= 4 is 39.5 Å². The normalized spacial score (nSPS) is 14.3. The van der Waals surface area contributed by atoms with Crippen LogP contribution in [0.5, 0.6) is 0 Å². The van der Waals surface area contributed by atoms with Crippen molar-refractivity contribution in [2.24, 2.45) is 23.7 Å². The molecule has 0 rings (SSSR count). The van der Waals surface area contributed by atoms with Gasteiger partial charge in [-0.05, 0) is 49.4 Å². The lowest BCUT2D eigenvalue weighted by Crippen LogP contribution is -2.30. The van der Waals surface area contributed by atoms with Gasteiger partial charge < -0.3 is 33.8 Å². The van der Waals surface area contributed by atoms with E-state index in [4.69, 9.17) is 37.0 Å². The van der Waals surface area contributed by atoms with Gasteiger partial charge in [-0.15, -0.1) is 0 Å². The third-order valence-corrected chi connectivity index (χ3v) is 21.1. The molecule has 0 saturated carbocycles. The smallest absolute Gasteiger partial charge is 0.462 e. The average Bonchev–Trinajstić information content (AvgIpc) is 0.943. The number of ether oxygens (including phenoxy) is 4. The molecule has 0 aromatic carbocycles. The van der Waals surface area contributed by atoms with Crippen LogP contribution in [0, 0.1) is 23.7 Å². The van der Waals surface area contributed by atoms with Crippen molar-refractivity contribution in [3.8, 4) is 0 Å². The summed E-state index contributed by atoms with van der Waals surface area (Å²) < 4.78 is 68.7. The Kier molecular flexibility index (Phi) is 68.7. The Morgan fingerprint density at radius 3 is 0.710 bits per heavy atom. The highest BCUT2D eigenvalue weighted by atomic mass is 31.2. The van der Waals surface area contributed by atoms with E-state index in [9.17, 15) is 43.2 Å². The largest absolute Gasteiger partial charge is 0.472 e. The molecular weight excluding hydrogens is 1310 g/mol. The molecule has 0 amide bonds. The lowest BCUT2D eigenvalue weighted by molar-refractivity contribution is -0.161. The molecule has 100 heavy (non-hydrogen) atoms. The predicted octanol–water partition coefficient (Wildman–Crippen LogP) is 24.0. The summed E-state index contributed by atoms with van der Waals surface area (Å²) in [5.74, 6) is 1.02. The Hall–Kier alpha value is -1.94. The van der Waals surface area contributed by atoms with Crippen LogP contribution in [0.25, 0.3) is 0 Å². The highest BCUT2D eigenvalue weighted by molar-refractivity contribution is 7.47. The predicted molar refractivity (Wildman–Crippen MR) is 409 cm³/mol. The average molecular weight is 1470 g/mol. The Morgan fingerprint density at radius 2 is 0.480 bits per heavy atom. The molecule has 0 aliphatic carbocycles. The first-order valence-electron chi connectivity index (χ1n) is 41.7. The zero-order valence-corrected chi connectivity index (χ0v) is 67.6.